The van der Waals surface area contributed by atoms with Gasteiger partial charge in [-0.25, -0.2) is 18.7 Å². The second-order valence-electron chi connectivity index (χ2n) is 13.4. The summed E-state index contributed by atoms with van der Waals surface area (Å²) in [5, 5.41) is 16.4. The smallest absolute Gasteiger partial charge is 0.225 e. The highest BCUT2D eigenvalue weighted by atomic mass is 19.1. The molecule has 3 aliphatic carbocycles. The van der Waals surface area contributed by atoms with Crippen molar-refractivity contribution in [2.75, 3.05) is 36.8 Å². The van der Waals surface area contributed by atoms with Gasteiger partial charge < -0.3 is 20.6 Å². The highest BCUT2D eigenvalue weighted by molar-refractivity contribution is 5.79. The van der Waals surface area contributed by atoms with Crippen LogP contribution in [0, 0.1) is 17.6 Å². The monoisotopic (exact) mass is 622 g/mol. The molecule has 4 fully saturated rings. The van der Waals surface area contributed by atoms with Crippen LogP contribution in [0.4, 0.5) is 26.4 Å². The Morgan fingerprint density at radius 1 is 0.867 bits per heavy atom. The molecule has 0 unspecified atom stereocenters. The Morgan fingerprint density at radius 2 is 1.60 bits per heavy atom. The number of nitrogens with zero attached hydrogens (tertiary/aromatic N) is 6. The van der Waals surface area contributed by atoms with Crippen LogP contribution in [-0.2, 0) is 4.79 Å². The summed E-state index contributed by atoms with van der Waals surface area (Å²) in [4.78, 5) is 32.3. The van der Waals surface area contributed by atoms with E-state index in [0.29, 0.717) is 29.1 Å². The molecule has 7 rings (SSSR count). The third-order valence-electron chi connectivity index (χ3n) is 10.5. The van der Waals surface area contributed by atoms with E-state index in [1.165, 1.54) is 37.8 Å². The van der Waals surface area contributed by atoms with Gasteiger partial charge in [0.25, 0.3) is 0 Å². The van der Waals surface area contributed by atoms with Gasteiger partial charge in [0.2, 0.25) is 17.8 Å². The van der Waals surface area contributed by atoms with Gasteiger partial charge in [0.05, 0.1) is 18.0 Å². The van der Waals surface area contributed by atoms with Gasteiger partial charge in [-0.2, -0.15) is 4.98 Å². The van der Waals surface area contributed by atoms with E-state index in [9.17, 15) is 18.7 Å². The third kappa shape index (κ3) is 6.63. The fraction of sp³-hybridized carbons (Fsp3) is 0.636. The van der Waals surface area contributed by atoms with Gasteiger partial charge in [-0.3, -0.25) is 14.3 Å². The highest BCUT2D eigenvalue weighted by Crippen LogP contribution is 2.38. The van der Waals surface area contributed by atoms with Crippen LogP contribution >= 0.6 is 0 Å². The summed E-state index contributed by atoms with van der Waals surface area (Å²) in [6.07, 6.45) is 12.9. The Hall–Kier alpha value is -3.38. The molecule has 3 heterocycles. The number of aliphatic hydroxyl groups is 1. The van der Waals surface area contributed by atoms with Gasteiger partial charge >= 0.3 is 0 Å². The number of imidazole rings is 1. The van der Waals surface area contributed by atoms with Crippen molar-refractivity contribution in [1.82, 2.24) is 29.3 Å². The number of carbonyl (C=O) groups excluding carboxylic acids is 1. The van der Waals surface area contributed by atoms with E-state index in [2.05, 4.69) is 25.4 Å². The van der Waals surface area contributed by atoms with E-state index in [0.717, 1.165) is 83.6 Å². The molecule has 0 atom stereocenters. The van der Waals surface area contributed by atoms with Crippen molar-refractivity contribution in [2.45, 2.75) is 101 Å². The number of hydrogen-bond donors (Lipinski definition) is 3. The van der Waals surface area contributed by atoms with Crippen LogP contribution in [0.2, 0.25) is 0 Å². The van der Waals surface area contributed by atoms with E-state index >= 15 is 0 Å². The number of hydrogen-bond acceptors (Lipinski definition) is 8. The second kappa shape index (κ2) is 13.2. The number of nitrogens with one attached hydrogen (secondary N) is 2. The minimum absolute atomic E-state index is 0.00292. The molecule has 3 N–H and O–H groups in total. The van der Waals surface area contributed by atoms with E-state index < -0.39 is 11.6 Å². The minimum atomic E-state index is -0.705. The second-order valence-corrected chi connectivity index (χ2v) is 13.4. The molecule has 1 saturated heterocycles. The molecule has 0 spiro atoms. The molecule has 3 aromatic rings. The fourth-order valence-electron chi connectivity index (χ4n) is 7.92. The number of benzene rings is 1. The molecule has 0 bridgehead atoms. The minimum Gasteiger partial charge on any atom is -0.393 e. The number of piperazine rings is 1. The Balaban J connectivity index is 1.08. The Labute approximate surface area is 262 Å². The maximum Gasteiger partial charge on any atom is 0.225 e. The maximum atomic E-state index is 14.7. The number of rotatable bonds is 7. The van der Waals surface area contributed by atoms with Gasteiger partial charge in [0.1, 0.15) is 17.2 Å². The number of fused-ring (bicyclic) bond motifs is 1. The first kappa shape index (κ1) is 30.3. The Morgan fingerprint density at radius 3 is 2.31 bits per heavy atom. The van der Waals surface area contributed by atoms with Crippen molar-refractivity contribution in [1.29, 1.82) is 0 Å². The zero-order valence-corrected chi connectivity index (χ0v) is 25.8. The molecule has 2 aromatic heterocycles. The van der Waals surface area contributed by atoms with Crippen molar-refractivity contribution < 1.29 is 18.7 Å². The summed E-state index contributed by atoms with van der Waals surface area (Å²) in [5.41, 5.74) is 1.33. The molecule has 45 heavy (non-hydrogen) atoms. The van der Waals surface area contributed by atoms with Crippen LogP contribution in [0.15, 0.2) is 24.4 Å². The predicted octanol–water partition coefficient (Wildman–Crippen LogP) is 5.38. The van der Waals surface area contributed by atoms with Gasteiger partial charge in [-0.15, -0.1) is 0 Å². The van der Waals surface area contributed by atoms with Crippen LogP contribution in [0.5, 0.6) is 0 Å². The van der Waals surface area contributed by atoms with Crippen molar-refractivity contribution in [2.24, 2.45) is 5.92 Å². The molecule has 10 nitrogen and oxygen atoms in total. The first-order valence-electron chi connectivity index (χ1n) is 16.9. The van der Waals surface area contributed by atoms with Gasteiger partial charge in [-0.1, -0.05) is 12.8 Å². The van der Waals surface area contributed by atoms with Crippen molar-refractivity contribution in [3.05, 3.63) is 36.0 Å². The number of anilines is 3. The largest absolute Gasteiger partial charge is 0.393 e. The lowest BCUT2D eigenvalue weighted by molar-refractivity contribution is -0.138. The molecule has 1 amide bonds. The van der Waals surface area contributed by atoms with Crippen molar-refractivity contribution in [3.8, 4) is 0 Å². The van der Waals surface area contributed by atoms with Crippen molar-refractivity contribution in [3.63, 3.8) is 0 Å². The summed E-state index contributed by atoms with van der Waals surface area (Å²) in [5.74, 6) is -0.178. The number of aliphatic hydroxyl groups excluding tert-OH is 1. The number of aromatic nitrogens is 4. The molecule has 0 radical (unpaired) electrons. The van der Waals surface area contributed by atoms with Crippen LogP contribution < -0.4 is 10.6 Å². The first-order chi connectivity index (χ1) is 21.9. The summed E-state index contributed by atoms with van der Waals surface area (Å²) >= 11 is 0. The van der Waals surface area contributed by atoms with Crippen LogP contribution in [0.1, 0.15) is 83.1 Å². The van der Waals surface area contributed by atoms with Gasteiger partial charge in [0, 0.05) is 56.3 Å². The zero-order valence-electron chi connectivity index (χ0n) is 25.8. The molecule has 1 aromatic carbocycles. The van der Waals surface area contributed by atoms with Crippen LogP contribution in [-0.4, -0.2) is 84.7 Å². The lowest BCUT2D eigenvalue weighted by Gasteiger charge is -2.40. The summed E-state index contributed by atoms with van der Waals surface area (Å²) in [7, 11) is 0. The SMILES string of the molecule is O=C(C1CCC(n2c(Nc3ccc(F)cc3F)nc3cnc(NC4CCC(O)CC4)nc32)CC1)N1CCN(C2CCCC2)CC1. The lowest BCUT2D eigenvalue weighted by Crippen LogP contribution is -2.52. The summed E-state index contributed by atoms with van der Waals surface area (Å²) in [6.45, 7) is 3.56. The Bertz CT molecular complexity index is 1490. The molecule has 4 aliphatic rings. The molecular formula is C33H44F2N8O2. The molecule has 242 valence electrons. The van der Waals surface area contributed by atoms with Crippen LogP contribution in [0.3, 0.4) is 0 Å². The average molecular weight is 623 g/mol. The predicted molar refractivity (Wildman–Crippen MR) is 168 cm³/mol. The molecule has 1 aliphatic heterocycles. The topological polar surface area (TPSA) is 111 Å². The maximum absolute atomic E-state index is 14.7. The number of halogens is 2. The highest BCUT2D eigenvalue weighted by Gasteiger charge is 2.35. The van der Waals surface area contributed by atoms with Crippen LogP contribution in [0.25, 0.3) is 11.2 Å². The summed E-state index contributed by atoms with van der Waals surface area (Å²) < 4.78 is 30.4. The summed E-state index contributed by atoms with van der Waals surface area (Å²) in [6, 6.07) is 4.30. The zero-order chi connectivity index (χ0) is 30.9. The van der Waals surface area contributed by atoms with Gasteiger partial charge in [-0.05, 0) is 76.3 Å². The fourth-order valence-corrected chi connectivity index (χ4v) is 7.92. The molecule has 3 saturated carbocycles. The third-order valence-corrected chi connectivity index (χ3v) is 10.5. The lowest BCUT2D eigenvalue weighted by atomic mass is 9.85. The van der Waals surface area contributed by atoms with E-state index in [1.807, 2.05) is 4.57 Å². The van der Waals surface area contributed by atoms with Gasteiger partial charge in [0.15, 0.2) is 5.65 Å². The Kier molecular flexibility index (Phi) is 8.85. The van der Waals surface area contributed by atoms with E-state index in [1.54, 1.807) is 6.20 Å². The molecule has 12 heteroatoms. The average Bonchev–Trinajstić information content (AvgIpc) is 3.72. The van der Waals surface area contributed by atoms with Crippen molar-refractivity contribution >= 4 is 34.7 Å². The standard InChI is InChI=1S/C33H44F2N8O2/c34-22-7-14-28(27(35)19-22)38-33-39-29-20-36-32(37-23-8-12-26(44)13-9-23)40-30(29)43(33)25-10-5-21(6-11-25)31(45)42-17-15-41(16-18-42)24-3-1-2-4-24/h7,14,19-21,23-26,44H,1-6,8-13,15-18H2,(H,38,39)(H,36,37,40). The normalized spacial score (nSPS) is 26.8. The molecular weight excluding hydrogens is 578 g/mol. The van der Waals surface area contributed by atoms with E-state index in [-0.39, 0.29) is 35.7 Å². The number of carbonyl (C=O) groups is 1. The van der Waals surface area contributed by atoms with E-state index in [4.69, 9.17) is 9.97 Å². The quantitative estimate of drug-likeness (QED) is 0.322. The first-order valence-corrected chi connectivity index (χ1v) is 16.9. The number of amides is 1.